The van der Waals surface area contributed by atoms with Crippen molar-refractivity contribution in [3.05, 3.63) is 35.6 Å². The Morgan fingerprint density at radius 2 is 1.73 bits per heavy atom. The molecule has 0 saturated heterocycles. The molecule has 0 aromatic heterocycles. The van der Waals surface area contributed by atoms with E-state index < -0.39 is 0 Å². The predicted molar refractivity (Wildman–Crippen MR) is 60.1 cm³/mol. The highest BCUT2D eigenvalue weighted by molar-refractivity contribution is 5.26. The fourth-order valence-corrected chi connectivity index (χ4v) is 2.65. The van der Waals surface area contributed by atoms with Crippen molar-refractivity contribution in [3.8, 4) is 0 Å². The van der Waals surface area contributed by atoms with Gasteiger partial charge in [0.2, 0.25) is 0 Å². The van der Waals surface area contributed by atoms with Crippen molar-refractivity contribution >= 4 is 0 Å². The van der Waals surface area contributed by atoms with Crippen LogP contribution in [-0.2, 0) is 0 Å². The number of nitrogens with two attached hydrogens (primary N) is 1. The first-order chi connectivity index (χ1) is 6.94. The Morgan fingerprint density at radius 1 is 1.27 bits per heavy atom. The van der Waals surface area contributed by atoms with Crippen LogP contribution in [0.5, 0.6) is 0 Å². The molecule has 0 aliphatic heterocycles. The highest BCUT2D eigenvalue weighted by Crippen LogP contribution is 2.57. The van der Waals surface area contributed by atoms with E-state index in [9.17, 15) is 4.39 Å². The van der Waals surface area contributed by atoms with E-state index in [2.05, 4.69) is 20.8 Å². The van der Waals surface area contributed by atoms with Crippen LogP contribution in [0, 0.1) is 17.2 Å². The van der Waals surface area contributed by atoms with Gasteiger partial charge in [-0.1, -0.05) is 32.9 Å². The van der Waals surface area contributed by atoms with Gasteiger partial charge in [-0.2, -0.15) is 0 Å². The maximum absolute atomic E-state index is 12.8. The lowest BCUT2D eigenvalue weighted by atomic mass is 9.92. The largest absolute Gasteiger partial charge is 0.327 e. The molecule has 3 atom stereocenters. The van der Waals surface area contributed by atoms with Gasteiger partial charge in [0.1, 0.15) is 5.82 Å². The molecular formula is C13H18FN. The van der Waals surface area contributed by atoms with Gasteiger partial charge in [0.05, 0.1) is 0 Å². The second-order valence-electron chi connectivity index (χ2n) is 5.21. The summed E-state index contributed by atoms with van der Waals surface area (Å²) in [7, 11) is 0. The van der Waals surface area contributed by atoms with Crippen LogP contribution in [0.25, 0.3) is 0 Å². The molecule has 1 fully saturated rings. The summed E-state index contributed by atoms with van der Waals surface area (Å²) in [6.07, 6.45) is 0. The van der Waals surface area contributed by atoms with E-state index in [0.717, 1.165) is 0 Å². The smallest absolute Gasteiger partial charge is 0.123 e. The van der Waals surface area contributed by atoms with Crippen molar-refractivity contribution in [2.45, 2.75) is 32.7 Å². The molecular weight excluding hydrogens is 189 g/mol. The molecule has 2 N–H and O–H groups in total. The average Bonchev–Trinajstić information content (AvgIpc) is 2.66. The molecule has 15 heavy (non-hydrogen) atoms. The van der Waals surface area contributed by atoms with Crippen LogP contribution >= 0.6 is 0 Å². The SMILES string of the molecule is CC(c1ccc(F)cc1)C1C(N)C1(C)C. The highest BCUT2D eigenvalue weighted by atomic mass is 19.1. The van der Waals surface area contributed by atoms with Crippen LogP contribution < -0.4 is 5.73 Å². The first-order valence-corrected chi connectivity index (χ1v) is 5.45. The van der Waals surface area contributed by atoms with E-state index in [1.54, 1.807) is 0 Å². The zero-order valence-corrected chi connectivity index (χ0v) is 9.50. The monoisotopic (exact) mass is 207 g/mol. The van der Waals surface area contributed by atoms with Crippen molar-refractivity contribution in [1.29, 1.82) is 0 Å². The maximum Gasteiger partial charge on any atom is 0.123 e. The van der Waals surface area contributed by atoms with Crippen molar-refractivity contribution in [2.75, 3.05) is 0 Å². The Kier molecular flexibility index (Phi) is 2.34. The molecule has 0 spiro atoms. The van der Waals surface area contributed by atoms with E-state index >= 15 is 0 Å². The van der Waals surface area contributed by atoms with Gasteiger partial charge in [-0.25, -0.2) is 4.39 Å². The summed E-state index contributed by atoms with van der Waals surface area (Å²) >= 11 is 0. The van der Waals surface area contributed by atoms with E-state index in [1.165, 1.54) is 17.7 Å². The maximum atomic E-state index is 12.8. The normalized spacial score (nSPS) is 29.9. The lowest BCUT2D eigenvalue weighted by Gasteiger charge is -2.13. The van der Waals surface area contributed by atoms with Gasteiger partial charge >= 0.3 is 0 Å². The Balaban J connectivity index is 2.16. The molecule has 0 bridgehead atoms. The Bertz CT molecular complexity index is 355. The first-order valence-electron chi connectivity index (χ1n) is 5.45. The standard InChI is InChI=1S/C13H18FN/c1-8(11-12(15)13(11,2)3)9-4-6-10(14)7-5-9/h4-8,11-12H,15H2,1-3H3. The molecule has 2 rings (SSSR count). The topological polar surface area (TPSA) is 26.0 Å². The van der Waals surface area contributed by atoms with Gasteiger partial charge in [0.15, 0.2) is 0 Å². The minimum atomic E-state index is -0.176. The number of rotatable bonds is 2. The molecule has 1 aliphatic carbocycles. The van der Waals surface area contributed by atoms with Crippen LogP contribution in [0.3, 0.4) is 0 Å². The molecule has 1 aromatic carbocycles. The lowest BCUT2D eigenvalue weighted by Crippen LogP contribution is -2.08. The van der Waals surface area contributed by atoms with E-state index in [1.807, 2.05) is 12.1 Å². The predicted octanol–water partition coefficient (Wildman–Crippen LogP) is 2.91. The summed E-state index contributed by atoms with van der Waals surface area (Å²) < 4.78 is 12.8. The minimum Gasteiger partial charge on any atom is -0.327 e. The third kappa shape index (κ3) is 1.67. The average molecular weight is 207 g/mol. The van der Waals surface area contributed by atoms with Gasteiger partial charge in [-0.05, 0) is 34.9 Å². The molecule has 3 unspecified atom stereocenters. The Morgan fingerprint density at radius 3 is 2.13 bits per heavy atom. The van der Waals surface area contributed by atoms with Crippen LogP contribution in [0.2, 0.25) is 0 Å². The Labute approximate surface area is 90.5 Å². The van der Waals surface area contributed by atoms with Gasteiger partial charge in [-0.3, -0.25) is 0 Å². The van der Waals surface area contributed by atoms with Gasteiger partial charge in [0, 0.05) is 6.04 Å². The van der Waals surface area contributed by atoms with Crippen molar-refractivity contribution < 1.29 is 4.39 Å². The van der Waals surface area contributed by atoms with E-state index in [4.69, 9.17) is 5.73 Å². The minimum absolute atomic E-state index is 0.176. The number of hydrogen-bond donors (Lipinski definition) is 1. The van der Waals surface area contributed by atoms with Crippen molar-refractivity contribution in [3.63, 3.8) is 0 Å². The summed E-state index contributed by atoms with van der Waals surface area (Å²) in [5.74, 6) is 0.754. The molecule has 0 heterocycles. The zero-order chi connectivity index (χ0) is 11.2. The molecule has 1 aliphatic rings. The molecule has 2 heteroatoms. The first kappa shape index (κ1) is 10.6. The fourth-order valence-electron chi connectivity index (χ4n) is 2.65. The molecule has 1 aromatic rings. The van der Waals surface area contributed by atoms with Gasteiger partial charge in [0.25, 0.3) is 0 Å². The van der Waals surface area contributed by atoms with Crippen LogP contribution in [0.15, 0.2) is 24.3 Å². The summed E-state index contributed by atoms with van der Waals surface area (Å²) in [4.78, 5) is 0. The van der Waals surface area contributed by atoms with Crippen molar-refractivity contribution in [2.24, 2.45) is 17.1 Å². The number of benzene rings is 1. The third-order valence-electron chi connectivity index (χ3n) is 3.93. The molecule has 0 radical (unpaired) electrons. The molecule has 1 nitrogen and oxygen atoms in total. The number of halogens is 1. The molecule has 0 amide bonds. The van der Waals surface area contributed by atoms with Crippen molar-refractivity contribution in [1.82, 2.24) is 0 Å². The molecule has 1 saturated carbocycles. The van der Waals surface area contributed by atoms with Crippen LogP contribution in [0.4, 0.5) is 4.39 Å². The summed E-state index contributed by atoms with van der Waals surface area (Å²) in [6.45, 7) is 6.57. The summed E-state index contributed by atoms with van der Waals surface area (Å²) in [5, 5.41) is 0. The van der Waals surface area contributed by atoms with E-state index in [-0.39, 0.29) is 17.3 Å². The van der Waals surface area contributed by atoms with Crippen LogP contribution in [0.1, 0.15) is 32.3 Å². The Hall–Kier alpha value is -0.890. The lowest BCUT2D eigenvalue weighted by molar-refractivity contribution is 0.502. The van der Waals surface area contributed by atoms with Gasteiger partial charge in [-0.15, -0.1) is 0 Å². The van der Waals surface area contributed by atoms with Crippen LogP contribution in [-0.4, -0.2) is 6.04 Å². The van der Waals surface area contributed by atoms with E-state index in [0.29, 0.717) is 11.8 Å². The van der Waals surface area contributed by atoms with Gasteiger partial charge < -0.3 is 5.73 Å². The fraction of sp³-hybridized carbons (Fsp3) is 0.538. The summed E-state index contributed by atoms with van der Waals surface area (Å²) in [5.41, 5.74) is 7.45. The quantitative estimate of drug-likeness (QED) is 0.792. The zero-order valence-electron chi connectivity index (χ0n) is 9.50. The third-order valence-corrected chi connectivity index (χ3v) is 3.93. The molecule has 82 valence electrons. The highest BCUT2D eigenvalue weighted by Gasteiger charge is 2.57. The second kappa shape index (κ2) is 3.31. The summed E-state index contributed by atoms with van der Waals surface area (Å²) in [6, 6.07) is 7.04. The second-order valence-corrected chi connectivity index (χ2v) is 5.21. The number of hydrogen-bond acceptors (Lipinski definition) is 1.